The van der Waals surface area contributed by atoms with E-state index in [1.54, 1.807) is 0 Å². The Balaban J connectivity index is 1.86. The van der Waals surface area contributed by atoms with Crippen LogP contribution in [0.4, 0.5) is 0 Å². The van der Waals surface area contributed by atoms with Gasteiger partial charge < -0.3 is 9.15 Å². The highest BCUT2D eigenvalue weighted by Gasteiger charge is 2.09. The molecule has 3 aromatic rings. The Kier molecular flexibility index (Phi) is 3.83. The van der Waals surface area contributed by atoms with Gasteiger partial charge in [-0.2, -0.15) is 0 Å². The molecule has 0 radical (unpaired) electrons. The normalized spacial score (nSPS) is 10.3. The predicted octanol–water partition coefficient (Wildman–Crippen LogP) is 3.89. The Labute approximate surface area is 122 Å². The number of benzene rings is 2. The topological polar surface area (TPSA) is 39.4 Å². The van der Waals surface area contributed by atoms with Gasteiger partial charge in [0.2, 0.25) is 11.2 Å². The van der Waals surface area contributed by atoms with Crippen molar-refractivity contribution >= 4 is 0 Å². The second-order valence-electron chi connectivity index (χ2n) is 4.62. The third-order valence-corrected chi connectivity index (χ3v) is 3.15. The molecule has 0 aliphatic rings. The van der Waals surface area contributed by atoms with Gasteiger partial charge in [-0.05, 0) is 11.1 Å². The first-order valence-corrected chi connectivity index (χ1v) is 6.67. The van der Waals surface area contributed by atoms with Crippen molar-refractivity contribution in [3.8, 4) is 16.9 Å². The molecule has 0 atom stereocenters. The van der Waals surface area contributed by atoms with Gasteiger partial charge >= 0.3 is 0 Å². The maximum atomic E-state index is 12.4. The third-order valence-electron chi connectivity index (χ3n) is 3.15. The summed E-state index contributed by atoms with van der Waals surface area (Å²) in [7, 11) is 0. The van der Waals surface area contributed by atoms with Crippen LogP contribution in [0.2, 0.25) is 0 Å². The molecule has 0 aliphatic heterocycles. The molecule has 21 heavy (non-hydrogen) atoms. The standard InChI is InChI=1S/C18H14O3/c19-18-16(15-9-5-2-6-10-15)12-20-13-17(18)21-11-14-7-3-1-4-8-14/h1-10,12-13H,11H2. The summed E-state index contributed by atoms with van der Waals surface area (Å²) in [5.41, 5.74) is 2.16. The highest BCUT2D eigenvalue weighted by molar-refractivity contribution is 5.62. The molecule has 0 N–H and O–H groups in total. The molecule has 0 unspecified atom stereocenters. The summed E-state index contributed by atoms with van der Waals surface area (Å²) in [6.45, 7) is 0.337. The van der Waals surface area contributed by atoms with Crippen LogP contribution < -0.4 is 10.2 Å². The molecule has 0 amide bonds. The molecule has 0 fully saturated rings. The maximum Gasteiger partial charge on any atom is 0.234 e. The van der Waals surface area contributed by atoms with Gasteiger partial charge in [0.15, 0.2) is 0 Å². The van der Waals surface area contributed by atoms with Crippen molar-refractivity contribution < 1.29 is 9.15 Å². The van der Waals surface area contributed by atoms with Gasteiger partial charge in [-0.3, -0.25) is 4.79 Å². The van der Waals surface area contributed by atoms with Crippen molar-refractivity contribution in [1.29, 1.82) is 0 Å². The van der Waals surface area contributed by atoms with Crippen LogP contribution in [0.25, 0.3) is 11.1 Å². The van der Waals surface area contributed by atoms with Crippen LogP contribution in [0.5, 0.6) is 5.75 Å². The molecule has 3 rings (SSSR count). The Morgan fingerprint density at radius 1 is 0.857 bits per heavy atom. The Morgan fingerprint density at radius 2 is 1.52 bits per heavy atom. The highest BCUT2D eigenvalue weighted by atomic mass is 16.5. The van der Waals surface area contributed by atoms with Crippen molar-refractivity contribution in [3.05, 3.63) is 89.0 Å². The smallest absolute Gasteiger partial charge is 0.234 e. The molecule has 2 aromatic carbocycles. The summed E-state index contributed by atoms with van der Waals surface area (Å²) >= 11 is 0. The minimum absolute atomic E-state index is 0.164. The molecular formula is C18H14O3. The Bertz CT molecular complexity index is 761. The fourth-order valence-electron chi connectivity index (χ4n) is 2.06. The van der Waals surface area contributed by atoms with Gasteiger partial charge in [0.1, 0.15) is 19.1 Å². The SMILES string of the molecule is O=c1c(OCc2ccccc2)cocc1-c1ccccc1. The lowest BCUT2D eigenvalue weighted by Gasteiger charge is -2.06. The largest absolute Gasteiger partial charge is 0.482 e. The molecule has 0 spiro atoms. The van der Waals surface area contributed by atoms with E-state index in [2.05, 4.69) is 0 Å². The van der Waals surface area contributed by atoms with Crippen molar-refractivity contribution in [2.45, 2.75) is 6.61 Å². The summed E-state index contributed by atoms with van der Waals surface area (Å²) in [4.78, 5) is 12.4. The van der Waals surface area contributed by atoms with Gasteiger partial charge in [-0.15, -0.1) is 0 Å². The minimum atomic E-state index is -0.164. The van der Waals surface area contributed by atoms with Gasteiger partial charge in [-0.25, -0.2) is 0 Å². The molecule has 0 bridgehead atoms. The molecule has 0 saturated heterocycles. The number of rotatable bonds is 4. The van der Waals surface area contributed by atoms with E-state index >= 15 is 0 Å². The first-order valence-electron chi connectivity index (χ1n) is 6.67. The number of hydrogen-bond donors (Lipinski definition) is 0. The summed E-state index contributed by atoms with van der Waals surface area (Å²) in [6, 6.07) is 19.1. The van der Waals surface area contributed by atoms with Crippen molar-refractivity contribution in [1.82, 2.24) is 0 Å². The number of ether oxygens (including phenoxy) is 1. The van der Waals surface area contributed by atoms with E-state index < -0.39 is 0 Å². The summed E-state index contributed by atoms with van der Waals surface area (Å²) < 4.78 is 10.8. The highest BCUT2D eigenvalue weighted by Crippen LogP contribution is 2.18. The quantitative estimate of drug-likeness (QED) is 0.727. The van der Waals surface area contributed by atoms with Crippen LogP contribution in [-0.4, -0.2) is 0 Å². The van der Waals surface area contributed by atoms with E-state index in [1.165, 1.54) is 12.5 Å². The number of hydrogen-bond acceptors (Lipinski definition) is 3. The third kappa shape index (κ3) is 3.03. The minimum Gasteiger partial charge on any atom is -0.482 e. The zero-order valence-corrected chi connectivity index (χ0v) is 11.4. The summed E-state index contributed by atoms with van der Waals surface area (Å²) in [5.74, 6) is 0.222. The lowest BCUT2D eigenvalue weighted by atomic mass is 10.1. The monoisotopic (exact) mass is 278 g/mol. The lowest BCUT2D eigenvalue weighted by molar-refractivity contribution is 0.292. The van der Waals surface area contributed by atoms with E-state index in [-0.39, 0.29) is 11.2 Å². The Hall–Kier alpha value is -2.81. The van der Waals surface area contributed by atoms with Gasteiger partial charge in [0.05, 0.1) is 5.56 Å². The van der Waals surface area contributed by atoms with E-state index in [0.717, 1.165) is 11.1 Å². The molecule has 1 aromatic heterocycles. The summed E-state index contributed by atoms with van der Waals surface area (Å²) in [6.07, 6.45) is 2.80. The van der Waals surface area contributed by atoms with Gasteiger partial charge in [-0.1, -0.05) is 60.7 Å². The van der Waals surface area contributed by atoms with Crippen LogP contribution in [-0.2, 0) is 6.61 Å². The van der Waals surface area contributed by atoms with Gasteiger partial charge in [0, 0.05) is 0 Å². The van der Waals surface area contributed by atoms with E-state index in [4.69, 9.17) is 9.15 Å². The average Bonchev–Trinajstić information content (AvgIpc) is 2.56. The van der Waals surface area contributed by atoms with Crippen molar-refractivity contribution in [2.24, 2.45) is 0 Å². The average molecular weight is 278 g/mol. The summed E-state index contributed by atoms with van der Waals surface area (Å²) in [5, 5.41) is 0. The first kappa shape index (κ1) is 13.2. The van der Waals surface area contributed by atoms with Gasteiger partial charge in [0.25, 0.3) is 0 Å². The second-order valence-corrected chi connectivity index (χ2v) is 4.62. The molecule has 3 heteroatoms. The lowest BCUT2D eigenvalue weighted by Crippen LogP contribution is -2.09. The Morgan fingerprint density at radius 3 is 2.24 bits per heavy atom. The maximum absolute atomic E-state index is 12.4. The predicted molar refractivity (Wildman–Crippen MR) is 81.2 cm³/mol. The molecule has 0 saturated carbocycles. The zero-order valence-electron chi connectivity index (χ0n) is 11.4. The van der Waals surface area contributed by atoms with Crippen LogP contribution >= 0.6 is 0 Å². The molecule has 1 heterocycles. The van der Waals surface area contributed by atoms with Crippen LogP contribution in [0.3, 0.4) is 0 Å². The first-order chi connectivity index (χ1) is 10.3. The molecule has 0 aliphatic carbocycles. The van der Waals surface area contributed by atoms with E-state index in [0.29, 0.717) is 12.2 Å². The van der Waals surface area contributed by atoms with E-state index in [1.807, 2.05) is 60.7 Å². The van der Waals surface area contributed by atoms with Crippen LogP contribution in [0.15, 0.2) is 82.4 Å². The van der Waals surface area contributed by atoms with E-state index in [9.17, 15) is 4.79 Å². The molecule has 104 valence electrons. The van der Waals surface area contributed by atoms with Crippen LogP contribution in [0.1, 0.15) is 5.56 Å². The molecule has 3 nitrogen and oxygen atoms in total. The fraction of sp³-hybridized carbons (Fsp3) is 0.0556. The second kappa shape index (κ2) is 6.09. The van der Waals surface area contributed by atoms with Crippen molar-refractivity contribution in [3.63, 3.8) is 0 Å². The molecular weight excluding hydrogens is 264 g/mol. The fourth-order valence-corrected chi connectivity index (χ4v) is 2.06. The zero-order chi connectivity index (χ0) is 14.5. The van der Waals surface area contributed by atoms with Crippen molar-refractivity contribution in [2.75, 3.05) is 0 Å². The van der Waals surface area contributed by atoms with Crippen LogP contribution in [0, 0.1) is 0 Å².